The van der Waals surface area contributed by atoms with Gasteiger partial charge in [-0.1, -0.05) is 41.9 Å². The van der Waals surface area contributed by atoms with Crippen LogP contribution in [0, 0.1) is 0 Å². The van der Waals surface area contributed by atoms with E-state index in [1.807, 2.05) is 41.3 Å². The van der Waals surface area contributed by atoms with E-state index in [1.54, 1.807) is 18.2 Å². The number of halogens is 3. The van der Waals surface area contributed by atoms with Crippen molar-refractivity contribution < 1.29 is 18.3 Å². The van der Waals surface area contributed by atoms with Gasteiger partial charge in [0.1, 0.15) is 11.9 Å². The summed E-state index contributed by atoms with van der Waals surface area (Å²) in [6.45, 7) is 2.31. The van der Waals surface area contributed by atoms with Gasteiger partial charge in [0.05, 0.1) is 29.9 Å². The minimum Gasteiger partial charge on any atom is -0.369 e. The molecule has 1 amide bonds. The van der Waals surface area contributed by atoms with E-state index >= 15 is 0 Å². The fraction of sp³-hybridized carbons (Fsp3) is 0.345. The molecule has 2 aliphatic rings. The SMILES string of the molecule is CC(C)(OC[C@H](c1ccc(Cl)c(-c2ncn[nH]2)c1)N1C(=O)[C@@H](c2ccc(-c3cnn(C4CC4)c3)cc2)N=C1N)C(F)F. The molecule has 4 aromatic rings. The Kier molecular flexibility index (Phi) is 7.27. The number of hydrogen-bond acceptors (Lipinski definition) is 7. The fourth-order valence-corrected chi connectivity index (χ4v) is 5.06. The number of hydrogen-bond donors (Lipinski definition) is 2. The topological polar surface area (TPSA) is 127 Å². The highest BCUT2D eigenvalue weighted by atomic mass is 35.5. The van der Waals surface area contributed by atoms with Crippen LogP contribution in [0.15, 0.2) is 66.2 Å². The van der Waals surface area contributed by atoms with Crippen molar-refractivity contribution in [2.45, 2.75) is 56.8 Å². The minimum absolute atomic E-state index is 0.0422. The third-order valence-corrected chi connectivity index (χ3v) is 7.89. The van der Waals surface area contributed by atoms with Crippen LogP contribution in [0.5, 0.6) is 0 Å². The summed E-state index contributed by atoms with van der Waals surface area (Å²) in [5, 5.41) is 11.5. The van der Waals surface area contributed by atoms with Crippen molar-refractivity contribution in [1.29, 1.82) is 0 Å². The fourth-order valence-electron chi connectivity index (χ4n) is 4.85. The summed E-state index contributed by atoms with van der Waals surface area (Å²) in [4.78, 5) is 23.8. The number of nitrogens with one attached hydrogen (secondary N) is 1. The van der Waals surface area contributed by atoms with Gasteiger partial charge in [0, 0.05) is 17.3 Å². The molecule has 13 heteroatoms. The monoisotopic (exact) mass is 594 g/mol. The molecule has 1 aliphatic carbocycles. The maximum absolute atomic E-state index is 13.9. The van der Waals surface area contributed by atoms with Gasteiger partial charge in [-0.3, -0.25) is 19.5 Å². The van der Waals surface area contributed by atoms with Crippen LogP contribution in [0.4, 0.5) is 8.78 Å². The highest BCUT2D eigenvalue weighted by Gasteiger charge is 2.41. The molecule has 0 spiro atoms. The maximum Gasteiger partial charge on any atom is 0.266 e. The van der Waals surface area contributed by atoms with Crippen molar-refractivity contribution in [2.75, 3.05) is 6.61 Å². The van der Waals surface area contributed by atoms with E-state index in [-0.39, 0.29) is 12.6 Å². The van der Waals surface area contributed by atoms with Gasteiger partial charge >= 0.3 is 0 Å². The predicted molar refractivity (Wildman–Crippen MR) is 153 cm³/mol. The van der Waals surface area contributed by atoms with Gasteiger partial charge in [0.25, 0.3) is 12.3 Å². The summed E-state index contributed by atoms with van der Waals surface area (Å²) in [6, 6.07) is 11.2. The minimum atomic E-state index is -2.75. The molecule has 3 heterocycles. The number of carbonyl (C=O) groups excluding carboxylic acids is 1. The second-order valence-electron chi connectivity index (χ2n) is 11.0. The highest BCUT2D eigenvalue weighted by Crippen LogP contribution is 2.38. The van der Waals surface area contributed by atoms with Crippen LogP contribution in [-0.4, -0.2) is 60.4 Å². The Bertz CT molecular complexity index is 1620. The lowest BCUT2D eigenvalue weighted by molar-refractivity contribution is -0.140. The molecule has 6 rings (SSSR count). The van der Waals surface area contributed by atoms with Crippen LogP contribution >= 0.6 is 11.6 Å². The van der Waals surface area contributed by atoms with E-state index in [2.05, 4.69) is 25.3 Å². The first-order valence-corrected chi connectivity index (χ1v) is 13.9. The average molecular weight is 595 g/mol. The molecule has 42 heavy (non-hydrogen) atoms. The van der Waals surface area contributed by atoms with Gasteiger partial charge in [-0.15, -0.1) is 0 Å². The van der Waals surface area contributed by atoms with Gasteiger partial charge in [0.2, 0.25) is 0 Å². The summed E-state index contributed by atoms with van der Waals surface area (Å²) < 4.78 is 35.0. The molecular weight excluding hydrogens is 566 g/mol. The van der Waals surface area contributed by atoms with E-state index in [9.17, 15) is 13.6 Å². The number of benzene rings is 2. The van der Waals surface area contributed by atoms with Crippen molar-refractivity contribution in [3.8, 4) is 22.5 Å². The number of rotatable bonds is 10. The van der Waals surface area contributed by atoms with E-state index in [1.165, 1.54) is 25.1 Å². The summed E-state index contributed by atoms with van der Waals surface area (Å²) in [5.41, 5.74) is 8.24. The average Bonchev–Trinajstić information content (AvgIpc) is 3.33. The Morgan fingerprint density at radius 1 is 1.17 bits per heavy atom. The van der Waals surface area contributed by atoms with Crippen molar-refractivity contribution in [3.05, 3.63) is 77.3 Å². The molecule has 2 aromatic carbocycles. The van der Waals surface area contributed by atoms with Crippen LogP contribution in [0.25, 0.3) is 22.5 Å². The molecule has 0 bridgehead atoms. The molecule has 1 saturated carbocycles. The Morgan fingerprint density at radius 2 is 1.93 bits per heavy atom. The number of aliphatic imine (C=N–C) groups is 1. The van der Waals surface area contributed by atoms with E-state index in [4.69, 9.17) is 22.1 Å². The molecule has 0 radical (unpaired) electrons. The van der Waals surface area contributed by atoms with Crippen molar-refractivity contribution >= 4 is 23.5 Å². The first kappa shape index (κ1) is 28.0. The quantitative estimate of drug-likeness (QED) is 0.256. The van der Waals surface area contributed by atoms with E-state index < -0.39 is 30.0 Å². The summed E-state index contributed by atoms with van der Waals surface area (Å²) >= 11 is 6.43. The second kappa shape index (κ2) is 10.9. The number of ether oxygens (including phenoxy) is 1. The molecule has 1 fully saturated rings. The van der Waals surface area contributed by atoms with Gasteiger partial charge in [-0.25, -0.2) is 18.8 Å². The molecule has 1 aliphatic heterocycles. The molecule has 2 atom stereocenters. The zero-order chi connectivity index (χ0) is 29.6. The number of nitrogens with zero attached hydrogens (tertiary/aromatic N) is 6. The molecule has 0 unspecified atom stereocenters. The number of H-pyrrole nitrogens is 1. The lowest BCUT2D eigenvalue weighted by Crippen LogP contribution is -2.44. The summed E-state index contributed by atoms with van der Waals surface area (Å²) in [7, 11) is 0. The van der Waals surface area contributed by atoms with E-state index in [0.717, 1.165) is 24.0 Å². The number of guanidine groups is 1. The predicted octanol–water partition coefficient (Wildman–Crippen LogP) is 5.32. The van der Waals surface area contributed by atoms with Crippen LogP contribution in [0.3, 0.4) is 0 Å². The van der Waals surface area contributed by atoms with Gasteiger partial charge in [-0.05, 0) is 55.5 Å². The molecule has 218 valence electrons. The maximum atomic E-state index is 13.9. The van der Waals surface area contributed by atoms with Crippen LogP contribution < -0.4 is 5.73 Å². The number of amides is 1. The van der Waals surface area contributed by atoms with Crippen molar-refractivity contribution in [2.24, 2.45) is 10.7 Å². The Hall–Kier alpha value is -4.16. The third-order valence-electron chi connectivity index (χ3n) is 7.56. The molecule has 0 saturated heterocycles. The first-order chi connectivity index (χ1) is 20.1. The lowest BCUT2D eigenvalue weighted by Gasteiger charge is -2.32. The van der Waals surface area contributed by atoms with Crippen molar-refractivity contribution in [1.82, 2.24) is 29.9 Å². The highest BCUT2D eigenvalue weighted by molar-refractivity contribution is 6.33. The van der Waals surface area contributed by atoms with E-state index in [0.29, 0.717) is 33.6 Å². The first-order valence-electron chi connectivity index (χ1n) is 13.5. The van der Waals surface area contributed by atoms with Gasteiger partial charge < -0.3 is 10.5 Å². The Balaban J connectivity index is 1.29. The molecule has 10 nitrogen and oxygen atoms in total. The third kappa shape index (κ3) is 5.39. The Morgan fingerprint density at radius 3 is 2.60 bits per heavy atom. The standard InChI is InChI=1S/C29H29ClF2N8O2/c1-29(2,27(31)32)42-14-23(18-7-10-22(30)21(11-18)25-34-15-35-38-25)40-26(41)24(37-28(40)33)17-5-3-16(4-6-17)19-12-36-39(13-19)20-8-9-20/h3-7,10-13,15,20,23-24,27H,8-9,14H2,1-2H3,(H2,33,37)(H,34,35,38)/t23-,24-/m1/s1. The summed E-state index contributed by atoms with van der Waals surface area (Å²) in [5.74, 6) is -0.0368. The van der Waals surface area contributed by atoms with Crippen LogP contribution in [-0.2, 0) is 9.53 Å². The van der Waals surface area contributed by atoms with Gasteiger partial charge in [-0.2, -0.15) is 10.2 Å². The number of alkyl halides is 2. The zero-order valence-corrected chi connectivity index (χ0v) is 23.7. The largest absolute Gasteiger partial charge is 0.369 e. The van der Waals surface area contributed by atoms with Crippen LogP contribution in [0.1, 0.15) is 55.9 Å². The Labute approximate surface area is 245 Å². The molecular formula is C29H29ClF2N8O2. The lowest BCUT2D eigenvalue weighted by atomic mass is 10.00. The number of carbonyl (C=O) groups is 1. The number of aromatic amines is 1. The van der Waals surface area contributed by atoms with Gasteiger partial charge in [0.15, 0.2) is 17.8 Å². The zero-order valence-electron chi connectivity index (χ0n) is 22.9. The number of aromatic nitrogens is 5. The summed E-state index contributed by atoms with van der Waals surface area (Å²) in [6.07, 6.45) is 4.72. The smallest absolute Gasteiger partial charge is 0.266 e. The van der Waals surface area contributed by atoms with Crippen molar-refractivity contribution in [3.63, 3.8) is 0 Å². The normalized spacial score (nSPS) is 18.1. The van der Waals surface area contributed by atoms with Crippen LogP contribution in [0.2, 0.25) is 5.02 Å². The molecule has 3 N–H and O–H groups in total. The number of nitrogens with two attached hydrogens (primary N) is 1. The molecule has 2 aromatic heterocycles. The second-order valence-corrected chi connectivity index (χ2v) is 11.4.